The summed E-state index contributed by atoms with van der Waals surface area (Å²) in [4.78, 5) is 5.88. The molecule has 1 aliphatic carbocycles. The molecule has 78 valence electrons. The molecule has 0 unspecified atom stereocenters. The average Bonchev–Trinajstić information content (AvgIpc) is 2.68. The molecule has 3 heteroatoms. The zero-order valence-electron chi connectivity index (χ0n) is 8.54. The predicted octanol–water partition coefficient (Wildman–Crippen LogP) is 2.69. The zero-order chi connectivity index (χ0) is 9.80. The van der Waals surface area contributed by atoms with Crippen molar-refractivity contribution >= 4 is 11.3 Å². The van der Waals surface area contributed by atoms with Crippen LogP contribution in [0.2, 0.25) is 0 Å². The maximum absolute atomic E-state index is 5.53. The molecule has 1 fully saturated rings. The van der Waals surface area contributed by atoms with E-state index in [4.69, 9.17) is 5.73 Å². The van der Waals surface area contributed by atoms with Crippen LogP contribution in [0, 0.1) is 0 Å². The first-order chi connectivity index (χ1) is 6.90. The van der Waals surface area contributed by atoms with Gasteiger partial charge in [-0.15, -0.1) is 11.3 Å². The molecule has 14 heavy (non-hydrogen) atoms. The van der Waals surface area contributed by atoms with E-state index in [2.05, 4.69) is 4.98 Å². The van der Waals surface area contributed by atoms with Gasteiger partial charge in [-0.05, 0) is 25.8 Å². The van der Waals surface area contributed by atoms with Gasteiger partial charge in [-0.3, -0.25) is 0 Å². The van der Waals surface area contributed by atoms with E-state index < -0.39 is 0 Å². The monoisotopic (exact) mass is 210 g/mol. The molecule has 1 aromatic rings. The first kappa shape index (κ1) is 10.1. The van der Waals surface area contributed by atoms with Crippen LogP contribution in [0.25, 0.3) is 0 Å². The number of aromatic nitrogens is 1. The molecule has 1 saturated carbocycles. The van der Waals surface area contributed by atoms with Crippen molar-refractivity contribution in [3.8, 4) is 0 Å². The number of nitrogens with zero attached hydrogens (tertiary/aromatic N) is 1. The van der Waals surface area contributed by atoms with Crippen LogP contribution in [0.3, 0.4) is 0 Å². The Labute approximate surface area is 89.5 Å². The first-order valence-corrected chi connectivity index (χ1v) is 6.36. The van der Waals surface area contributed by atoms with Gasteiger partial charge in [0.1, 0.15) is 0 Å². The Kier molecular flexibility index (Phi) is 3.54. The molecule has 0 saturated heterocycles. The van der Waals surface area contributed by atoms with Gasteiger partial charge in [-0.1, -0.05) is 19.3 Å². The molecule has 0 atom stereocenters. The molecule has 2 nitrogen and oxygen atoms in total. The third-order valence-electron chi connectivity index (χ3n) is 2.92. The highest BCUT2D eigenvalue weighted by Crippen LogP contribution is 2.34. The molecule has 2 N–H and O–H groups in total. The molecule has 1 heterocycles. The lowest BCUT2D eigenvalue weighted by Gasteiger charge is -2.18. The van der Waals surface area contributed by atoms with Crippen molar-refractivity contribution in [3.05, 3.63) is 16.1 Å². The zero-order valence-corrected chi connectivity index (χ0v) is 9.35. The van der Waals surface area contributed by atoms with E-state index in [-0.39, 0.29) is 0 Å². The summed E-state index contributed by atoms with van der Waals surface area (Å²) in [7, 11) is 0. The lowest BCUT2D eigenvalue weighted by molar-refractivity contribution is 0.442. The summed E-state index contributed by atoms with van der Waals surface area (Å²) < 4.78 is 0. The lowest BCUT2D eigenvalue weighted by Crippen LogP contribution is -2.03. The summed E-state index contributed by atoms with van der Waals surface area (Å²) in [6.07, 6.45) is 9.88. The summed E-state index contributed by atoms with van der Waals surface area (Å²) >= 11 is 1.87. The Hall–Kier alpha value is -0.410. The largest absolute Gasteiger partial charge is 0.330 e. The maximum atomic E-state index is 5.53. The summed E-state index contributed by atoms with van der Waals surface area (Å²) in [5.74, 6) is 0.750. The van der Waals surface area contributed by atoms with Crippen LogP contribution in [-0.2, 0) is 6.42 Å². The van der Waals surface area contributed by atoms with Gasteiger partial charge >= 0.3 is 0 Å². The van der Waals surface area contributed by atoms with Gasteiger partial charge in [0.25, 0.3) is 0 Å². The number of nitrogens with two attached hydrogens (primary N) is 1. The molecule has 2 rings (SSSR count). The van der Waals surface area contributed by atoms with Gasteiger partial charge in [0.2, 0.25) is 0 Å². The van der Waals surface area contributed by atoms with Gasteiger partial charge in [-0.2, -0.15) is 0 Å². The summed E-state index contributed by atoms with van der Waals surface area (Å²) in [6, 6.07) is 0. The van der Waals surface area contributed by atoms with Crippen molar-refractivity contribution in [1.29, 1.82) is 0 Å². The molecular formula is C11H18N2S. The topological polar surface area (TPSA) is 38.9 Å². The SMILES string of the molecule is NCCc1cnc(C2CCCCC2)s1. The molecule has 0 bridgehead atoms. The van der Waals surface area contributed by atoms with Gasteiger partial charge in [-0.25, -0.2) is 4.98 Å². The Morgan fingerprint density at radius 2 is 2.14 bits per heavy atom. The minimum Gasteiger partial charge on any atom is -0.330 e. The van der Waals surface area contributed by atoms with Crippen LogP contribution >= 0.6 is 11.3 Å². The van der Waals surface area contributed by atoms with Gasteiger partial charge < -0.3 is 5.73 Å². The van der Waals surface area contributed by atoms with Crippen molar-refractivity contribution in [2.45, 2.75) is 44.4 Å². The van der Waals surface area contributed by atoms with Gasteiger partial charge in [0.05, 0.1) is 5.01 Å². The van der Waals surface area contributed by atoms with Crippen molar-refractivity contribution in [1.82, 2.24) is 4.98 Å². The molecule has 0 spiro atoms. The summed E-state index contributed by atoms with van der Waals surface area (Å²) in [6.45, 7) is 0.742. The number of hydrogen-bond donors (Lipinski definition) is 1. The van der Waals surface area contributed by atoms with E-state index in [1.54, 1.807) is 0 Å². The van der Waals surface area contributed by atoms with E-state index in [0.717, 1.165) is 18.9 Å². The second-order valence-corrected chi connectivity index (χ2v) is 5.19. The number of hydrogen-bond acceptors (Lipinski definition) is 3. The minimum absolute atomic E-state index is 0.742. The summed E-state index contributed by atoms with van der Waals surface area (Å²) in [5, 5.41) is 1.35. The van der Waals surface area contributed by atoms with Crippen molar-refractivity contribution in [2.75, 3.05) is 6.54 Å². The highest BCUT2D eigenvalue weighted by Gasteiger charge is 2.18. The van der Waals surface area contributed by atoms with Crippen LogP contribution < -0.4 is 5.73 Å². The Bertz CT molecular complexity index is 277. The Balaban J connectivity index is 2.00. The van der Waals surface area contributed by atoms with Crippen LogP contribution in [0.5, 0.6) is 0 Å². The second-order valence-electron chi connectivity index (χ2n) is 4.04. The van der Waals surface area contributed by atoms with Gasteiger partial charge in [0, 0.05) is 17.0 Å². The molecule has 0 aliphatic heterocycles. The Morgan fingerprint density at radius 1 is 1.36 bits per heavy atom. The molecular weight excluding hydrogens is 192 g/mol. The normalized spacial score (nSPS) is 18.6. The van der Waals surface area contributed by atoms with Gasteiger partial charge in [0.15, 0.2) is 0 Å². The van der Waals surface area contributed by atoms with E-state index in [1.807, 2.05) is 17.5 Å². The van der Waals surface area contributed by atoms with Crippen molar-refractivity contribution in [2.24, 2.45) is 5.73 Å². The van der Waals surface area contributed by atoms with E-state index in [0.29, 0.717) is 0 Å². The fraction of sp³-hybridized carbons (Fsp3) is 0.727. The van der Waals surface area contributed by atoms with Crippen LogP contribution in [0.1, 0.15) is 47.9 Å². The Morgan fingerprint density at radius 3 is 2.86 bits per heavy atom. The van der Waals surface area contributed by atoms with Crippen LogP contribution in [0.15, 0.2) is 6.20 Å². The number of thiazole rings is 1. The fourth-order valence-electron chi connectivity index (χ4n) is 2.12. The van der Waals surface area contributed by atoms with E-state index in [9.17, 15) is 0 Å². The lowest BCUT2D eigenvalue weighted by atomic mass is 9.90. The third kappa shape index (κ3) is 2.34. The second kappa shape index (κ2) is 4.89. The number of rotatable bonds is 3. The van der Waals surface area contributed by atoms with E-state index >= 15 is 0 Å². The van der Waals surface area contributed by atoms with Crippen LogP contribution in [0.4, 0.5) is 0 Å². The van der Waals surface area contributed by atoms with Crippen molar-refractivity contribution in [3.63, 3.8) is 0 Å². The third-order valence-corrected chi connectivity index (χ3v) is 4.14. The smallest absolute Gasteiger partial charge is 0.0958 e. The molecule has 0 aromatic carbocycles. The predicted molar refractivity (Wildman–Crippen MR) is 60.7 cm³/mol. The average molecular weight is 210 g/mol. The highest BCUT2D eigenvalue weighted by molar-refractivity contribution is 7.11. The summed E-state index contributed by atoms with van der Waals surface area (Å²) in [5.41, 5.74) is 5.53. The fourth-order valence-corrected chi connectivity index (χ4v) is 3.22. The van der Waals surface area contributed by atoms with Crippen molar-refractivity contribution < 1.29 is 0 Å². The maximum Gasteiger partial charge on any atom is 0.0958 e. The van der Waals surface area contributed by atoms with Crippen LogP contribution in [-0.4, -0.2) is 11.5 Å². The highest BCUT2D eigenvalue weighted by atomic mass is 32.1. The molecule has 0 radical (unpaired) electrons. The van der Waals surface area contributed by atoms with E-state index in [1.165, 1.54) is 42.0 Å². The first-order valence-electron chi connectivity index (χ1n) is 5.55. The molecule has 0 amide bonds. The standard InChI is InChI=1S/C11H18N2S/c12-7-6-10-8-13-11(14-10)9-4-2-1-3-5-9/h8-9H,1-7,12H2. The molecule has 1 aromatic heterocycles. The molecule has 1 aliphatic rings. The quantitative estimate of drug-likeness (QED) is 0.833. The minimum atomic E-state index is 0.742.